The van der Waals surface area contributed by atoms with Crippen LogP contribution in [0.2, 0.25) is 0 Å². The standard InChI is InChI=1S/C12H17N3O/c13-8-11(10-4-2-1-3-5-10)15-7-6-14-12(16)9-15/h1-5,11H,6-9,13H2,(H,14,16). The van der Waals surface area contributed by atoms with Gasteiger partial charge in [0.1, 0.15) is 0 Å². The van der Waals surface area contributed by atoms with Crippen molar-refractivity contribution in [2.24, 2.45) is 5.73 Å². The third kappa shape index (κ3) is 2.40. The number of hydrogen-bond acceptors (Lipinski definition) is 3. The van der Waals surface area contributed by atoms with Crippen molar-refractivity contribution in [3.63, 3.8) is 0 Å². The molecule has 86 valence electrons. The van der Waals surface area contributed by atoms with Crippen molar-refractivity contribution >= 4 is 5.91 Å². The summed E-state index contributed by atoms with van der Waals surface area (Å²) >= 11 is 0. The van der Waals surface area contributed by atoms with Gasteiger partial charge in [-0.1, -0.05) is 30.3 Å². The van der Waals surface area contributed by atoms with Gasteiger partial charge in [0.2, 0.25) is 5.91 Å². The van der Waals surface area contributed by atoms with Crippen molar-refractivity contribution in [3.05, 3.63) is 35.9 Å². The largest absolute Gasteiger partial charge is 0.354 e. The molecule has 16 heavy (non-hydrogen) atoms. The molecule has 1 aliphatic rings. The highest BCUT2D eigenvalue weighted by Gasteiger charge is 2.23. The number of nitrogens with two attached hydrogens (primary N) is 1. The average Bonchev–Trinajstić information content (AvgIpc) is 2.31. The van der Waals surface area contributed by atoms with E-state index in [2.05, 4.69) is 22.3 Å². The highest BCUT2D eigenvalue weighted by Crippen LogP contribution is 2.19. The summed E-state index contributed by atoms with van der Waals surface area (Å²) in [5, 5.41) is 2.82. The second-order valence-corrected chi connectivity index (χ2v) is 3.98. The topological polar surface area (TPSA) is 58.4 Å². The molecule has 1 fully saturated rings. The van der Waals surface area contributed by atoms with Crippen molar-refractivity contribution in [1.82, 2.24) is 10.2 Å². The lowest BCUT2D eigenvalue weighted by Crippen LogP contribution is -2.50. The molecule has 1 heterocycles. The van der Waals surface area contributed by atoms with E-state index in [9.17, 15) is 4.79 Å². The second kappa shape index (κ2) is 5.09. The molecule has 1 atom stereocenters. The molecule has 1 unspecified atom stereocenters. The number of rotatable bonds is 3. The summed E-state index contributed by atoms with van der Waals surface area (Å²) in [5.74, 6) is 0.0839. The first-order chi connectivity index (χ1) is 7.81. The minimum Gasteiger partial charge on any atom is -0.354 e. The molecule has 0 bridgehead atoms. The highest BCUT2D eigenvalue weighted by atomic mass is 16.2. The number of carbonyl (C=O) groups is 1. The van der Waals surface area contributed by atoms with Gasteiger partial charge in [-0.2, -0.15) is 0 Å². The van der Waals surface area contributed by atoms with Gasteiger partial charge in [0, 0.05) is 25.7 Å². The molecule has 0 spiro atoms. The predicted octanol–water partition coefficient (Wildman–Crippen LogP) is 0.118. The Balaban J connectivity index is 2.13. The summed E-state index contributed by atoms with van der Waals surface area (Å²) in [6.45, 7) is 2.55. The molecule has 0 saturated carbocycles. The van der Waals surface area contributed by atoms with Crippen LogP contribution in [0.25, 0.3) is 0 Å². The molecule has 2 rings (SSSR count). The Bertz CT molecular complexity index is 353. The van der Waals surface area contributed by atoms with Crippen molar-refractivity contribution in [3.8, 4) is 0 Å². The molecule has 1 aliphatic heterocycles. The van der Waals surface area contributed by atoms with E-state index in [1.165, 1.54) is 5.56 Å². The Hall–Kier alpha value is -1.39. The summed E-state index contributed by atoms with van der Waals surface area (Å²) in [7, 11) is 0. The Kier molecular flexibility index (Phi) is 3.54. The molecule has 3 N–H and O–H groups in total. The Morgan fingerprint density at radius 1 is 1.38 bits per heavy atom. The maximum atomic E-state index is 11.3. The van der Waals surface area contributed by atoms with Crippen molar-refractivity contribution in [2.75, 3.05) is 26.2 Å². The van der Waals surface area contributed by atoms with Crippen molar-refractivity contribution in [2.45, 2.75) is 6.04 Å². The van der Waals surface area contributed by atoms with Crippen LogP contribution in [-0.4, -0.2) is 37.0 Å². The first kappa shape index (κ1) is 11.1. The van der Waals surface area contributed by atoms with E-state index >= 15 is 0 Å². The first-order valence-electron chi connectivity index (χ1n) is 5.57. The van der Waals surface area contributed by atoms with Crippen molar-refractivity contribution in [1.29, 1.82) is 0 Å². The molecule has 0 radical (unpaired) electrons. The number of carbonyl (C=O) groups excluding carboxylic acids is 1. The number of amides is 1. The number of nitrogens with zero attached hydrogens (tertiary/aromatic N) is 1. The minimum absolute atomic E-state index is 0.0839. The van der Waals surface area contributed by atoms with Crippen LogP contribution in [0.5, 0.6) is 0 Å². The lowest BCUT2D eigenvalue weighted by atomic mass is 10.0. The maximum Gasteiger partial charge on any atom is 0.234 e. The van der Waals surface area contributed by atoms with Gasteiger partial charge in [-0.05, 0) is 5.56 Å². The zero-order valence-electron chi connectivity index (χ0n) is 9.23. The molecule has 1 saturated heterocycles. The monoisotopic (exact) mass is 219 g/mol. The summed E-state index contributed by atoms with van der Waals surface area (Å²) in [6.07, 6.45) is 0. The van der Waals surface area contributed by atoms with Gasteiger partial charge in [-0.3, -0.25) is 9.69 Å². The number of benzene rings is 1. The Morgan fingerprint density at radius 3 is 2.75 bits per heavy atom. The van der Waals surface area contributed by atoms with Crippen LogP contribution in [0, 0.1) is 0 Å². The molecular formula is C12H17N3O. The van der Waals surface area contributed by atoms with Crippen LogP contribution < -0.4 is 11.1 Å². The molecule has 1 aromatic carbocycles. The fraction of sp³-hybridized carbons (Fsp3) is 0.417. The fourth-order valence-electron chi connectivity index (χ4n) is 2.10. The third-order valence-electron chi connectivity index (χ3n) is 2.92. The Labute approximate surface area is 95.4 Å². The minimum atomic E-state index is 0.0839. The summed E-state index contributed by atoms with van der Waals surface area (Å²) in [5.41, 5.74) is 6.99. The SMILES string of the molecule is NCC(c1ccccc1)N1CCNC(=O)C1. The Morgan fingerprint density at radius 2 is 2.12 bits per heavy atom. The van der Waals surface area contributed by atoms with Gasteiger partial charge >= 0.3 is 0 Å². The zero-order chi connectivity index (χ0) is 11.4. The van der Waals surface area contributed by atoms with Crippen LogP contribution in [0.15, 0.2) is 30.3 Å². The van der Waals surface area contributed by atoms with Gasteiger partial charge < -0.3 is 11.1 Å². The van der Waals surface area contributed by atoms with Crippen molar-refractivity contribution < 1.29 is 4.79 Å². The van der Waals surface area contributed by atoms with Crippen LogP contribution in [-0.2, 0) is 4.79 Å². The second-order valence-electron chi connectivity index (χ2n) is 3.98. The zero-order valence-corrected chi connectivity index (χ0v) is 9.23. The van der Waals surface area contributed by atoms with Crippen LogP contribution in [0.4, 0.5) is 0 Å². The van der Waals surface area contributed by atoms with E-state index in [0.717, 1.165) is 6.54 Å². The molecule has 1 aromatic rings. The van der Waals surface area contributed by atoms with E-state index in [0.29, 0.717) is 19.6 Å². The van der Waals surface area contributed by atoms with Gasteiger partial charge in [0.15, 0.2) is 0 Å². The summed E-state index contributed by atoms with van der Waals surface area (Å²) in [6, 6.07) is 10.3. The fourth-order valence-corrected chi connectivity index (χ4v) is 2.10. The lowest BCUT2D eigenvalue weighted by molar-refractivity contribution is -0.124. The lowest BCUT2D eigenvalue weighted by Gasteiger charge is -2.33. The van der Waals surface area contributed by atoms with E-state index in [4.69, 9.17) is 5.73 Å². The van der Waals surface area contributed by atoms with Gasteiger partial charge in [-0.15, -0.1) is 0 Å². The molecule has 4 heteroatoms. The number of hydrogen-bond donors (Lipinski definition) is 2. The average molecular weight is 219 g/mol. The summed E-state index contributed by atoms with van der Waals surface area (Å²) < 4.78 is 0. The molecule has 4 nitrogen and oxygen atoms in total. The van der Waals surface area contributed by atoms with E-state index in [1.807, 2.05) is 18.2 Å². The molecule has 0 aliphatic carbocycles. The highest BCUT2D eigenvalue weighted by molar-refractivity contribution is 5.78. The number of nitrogens with one attached hydrogen (secondary N) is 1. The van der Waals surface area contributed by atoms with E-state index < -0.39 is 0 Å². The molecule has 0 aromatic heterocycles. The van der Waals surface area contributed by atoms with E-state index in [-0.39, 0.29) is 11.9 Å². The van der Waals surface area contributed by atoms with Crippen LogP contribution >= 0.6 is 0 Å². The number of piperazine rings is 1. The molecule has 1 amide bonds. The quantitative estimate of drug-likeness (QED) is 0.759. The van der Waals surface area contributed by atoms with Gasteiger partial charge in [0.05, 0.1) is 6.54 Å². The van der Waals surface area contributed by atoms with Crippen LogP contribution in [0.1, 0.15) is 11.6 Å². The van der Waals surface area contributed by atoms with Gasteiger partial charge in [-0.25, -0.2) is 0 Å². The predicted molar refractivity (Wildman–Crippen MR) is 62.8 cm³/mol. The molecular weight excluding hydrogens is 202 g/mol. The summed E-state index contributed by atoms with van der Waals surface area (Å²) in [4.78, 5) is 13.5. The first-order valence-corrected chi connectivity index (χ1v) is 5.57. The maximum absolute atomic E-state index is 11.3. The third-order valence-corrected chi connectivity index (χ3v) is 2.92. The van der Waals surface area contributed by atoms with Crippen LogP contribution in [0.3, 0.4) is 0 Å². The normalized spacial score (nSPS) is 19.2. The van der Waals surface area contributed by atoms with E-state index in [1.54, 1.807) is 0 Å². The van der Waals surface area contributed by atoms with Gasteiger partial charge in [0.25, 0.3) is 0 Å². The smallest absolute Gasteiger partial charge is 0.234 e.